The van der Waals surface area contributed by atoms with Gasteiger partial charge in [0, 0.05) is 36.5 Å². The number of benzene rings is 3. The predicted octanol–water partition coefficient (Wildman–Crippen LogP) is 7.41. The second-order valence-corrected chi connectivity index (χ2v) is 22.4. The standard InChI is InChI=1S/C42H42BrFI2N8O6S/c1-3-15-42(18-24-6-4-7-27-28(24)22-54(40(27)58)33-11-13-35(55)51-39(33)57)16-14-31(25(19-42)20-46-45)53-61(59,60)34-12-10-26(17-23(34)2)49-41-48-21-29(43)38(52-41)50-32-9-5-8-30(44)36(32)37(47)56/h3-10,12,17,20-21,25,31,33,53H,1,11,13-16,18-19,22H2,2H3,(H2,47,56)(H,51,55,57)(H2,48,49,50,52). The quantitative estimate of drug-likeness (QED) is 0.0481. The van der Waals surface area contributed by atoms with Gasteiger partial charge < -0.3 is 21.3 Å². The molecular formula is C42H42BrFI2N8O6S. The number of allylic oxidation sites excluding steroid dienone is 1. The maximum absolute atomic E-state index is 14.4. The van der Waals surface area contributed by atoms with Crippen LogP contribution in [0.25, 0.3) is 0 Å². The maximum atomic E-state index is 14.4. The molecule has 4 amide bonds. The number of hydrogen-bond donors (Lipinski definition) is 5. The number of sulfonamides is 1. The number of hydrogen-bond acceptors (Lipinski definition) is 10. The number of aryl methyl sites for hydroxylation is 1. The number of fused-ring (bicyclic) bond motifs is 1. The van der Waals surface area contributed by atoms with E-state index in [0.717, 1.165) is 30.0 Å². The van der Waals surface area contributed by atoms with Crippen molar-refractivity contribution in [2.24, 2.45) is 17.1 Å². The van der Waals surface area contributed by atoms with Gasteiger partial charge in [-0.3, -0.25) is 24.5 Å². The number of piperidine rings is 1. The summed E-state index contributed by atoms with van der Waals surface area (Å²) in [5.41, 5.74) is 8.49. The van der Waals surface area contributed by atoms with E-state index >= 15 is 0 Å². The zero-order valence-corrected chi connectivity index (χ0v) is 39.5. The number of nitrogens with zero attached hydrogens (tertiary/aromatic N) is 3. The molecule has 6 N–H and O–H groups in total. The van der Waals surface area contributed by atoms with Crippen LogP contribution in [0.4, 0.5) is 27.5 Å². The van der Waals surface area contributed by atoms with E-state index in [-0.39, 0.29) is 93.2 Å². The lowest BCUT2D eigenvalue weighted by Crippen LogP contribution is -2.52. The Labute approximate surface area is 380 Å². The molecule has 1 aliphatic carbocycles. The Morgan fingerprint density at radius 3 is 2.67 bits per heavy atom. The number of rotatable bonds is 14. The average Bonchev–Trinajstić information content (AvgIpc) is 3.53. The topological polar surface area (TPSA) is 206 Å². The molecule has 0 bridgehead atoms. The van der Waals surface area contributed by atoms with Crippen molar-refractivity contribution >= 4 is 112 Å². The lowest BCUT2D eigenvalue weighted by molar-refractivity contribution is -0.136. The van der Waals surface area contributed by atoms with E-state index in [0.29, 0.717) is 40.5 Å². The van der Waals surface area contributed by atoms with Crippen molar-refractivity contribution in [2.75, 3.05) is 10.6 Å². The van der Waals surface area contributed by atoms with Crippen molar-refractivity contribution in [3.05, 3.63) is 112 Å². The number of anilines is 4. The number of imide groups is 1. The molecule has 2 aliphatic heterocycles. The van der Waals surface area contributed by atoms with E-state index in [2.05, 4.69) is 75.8 Å². The molecule has 3 aromatic carbocycles. The van der Waals surface area contributed by atoms with Gasteiger partial charge in [-0.15, -0.1) is 6.58 Å². The molecule has 4 atom stereocenters. The first-order valence-corrected chi connectivity index (χ1v) is 29.1. The van der Waals surface area contributed by atoms with E-state index in [4.69, 9.17) is 5.73 Å². The molecule has 1 aromatic heterocycles. The van der Waals surface area contributed by atoms with E-state index in [1.807, 2.05) is 18.2 Å². The highest BCUT2D eigenvalue weighted by Gasteiger charge is 2.44. The highest BCUT2D eigenvalue weighted by atomic mass is 128. The number of carbonyl (C=O) groups is 4. The highest BCUT2D eigenvalue weighted by molar-refractivity contribution is 15.0. The van der Waals surface area contributed by atoms with Gasteiger partial charge in [0.05, 0.1) is 20.6 Å². The zero-order chi connectivity index (χ0) is 43.6. The van der Waals surface area contributed by atoms with Crippen LogP contribution in [0, 0.1) is 24.1 Å². The van der Waals surface area contributed by atoms with Gasteiger partial charge in [-0.25, -0.2) is 22.5 Å². The van der Waals surface area contributed by atoms with Crippen LogP contribution in [0.15, 0.2) is 82.8 Å². The van der Waals surface area contributed by atoms with Crippen LogP contribution in [0.3, 0.4) is 0 Å². The molecule has 2 fully saturated rings. The van der Waals surface area contributed by atoms with E-state index in [9.17, 15) is 32.0 Å². The number of nitrogens with one attached hydrogen (secondary N) is 4. The molecule has 4 unspecified atom stereocenters. The minimum atomic E-state index is -3.96. The van der Waals surface area contributed by atoms with Crippen LogP contribution >= 0.6 is 51.3 Å². The zero-order valence-electron chi connectivity index (χ0n) is 32.8. The summed E-state index contributed by atoms with van der Waals surface area (Å²) >= 11 is 5.42. The monoisotopic (exact) mass is 1140 g/mol. The third-order valence-electron chi connectivity index (χ3n) is 11.5. The highest BCUT2D eigenvalue weighted by Crippen LogP contribution is 2.47. The number of amides is 4. The van der Waals surface area contributed by atoms with Gasteiger partial charge in [0.25, 0.3) is 11.8 Å². The van der Waals surface area contributed by atoms with Crippen molar-refractivity contribution in [3.63, 3.8) is 0 Å². The summed E-state index contributed by atoms with van der Waals surface area (Å²) < 4.78 is 48.3. The first-order valence-electron chi connectivity index (χ1n) is 19.3. The minimum Gasteiger partial charge on any atom is -0.365 e. The molecular weight excluding hydrogens is 1100 g/mol. The van der Waals surface area contributed by atoms with E-state index < -0.39 is 33.7 Å². The SMILES string of the molecule is C=CCC1(Cc2cccc3c2CN(C2CCC(=O)NC2=O)C3=O)CCC(NS(=O)(=O)c2ccc(Nc3ncc(Br)c(Nc4cccc(F)c4C(N)=O)n3)cc2C)C(C=II)C1. The number of halogens is 4. The lowest BCUT2D eigenvalue weighted by Gasteiger charge is -2.44. The Morgan fingerprint density at radius 1 is 1.16 bits per heavy atom. The summed E-state index contributed by atoms with van der Waals surface area (Å²) in [6, 6.07) is 13.6. The fraction of sp³-hybridized carbons (Fsp3) is 0.310. The van der Waals surface area contributed by atoms with Crippen molar-refractivity contribution in [2.45, 2.75) is 75.4 Å². The van der Waals surface area contributed by atoms with Crippen LogP contribution in [0.1, 0.15) is 75.9 Å². The Hall–Kier alpha value is -4.19. The van der Waals surface area contributed by atoms with Gasteiger partial charge in [0.1, 0.15) is 17.7 Å². The molecule has 14 nitrogen and oxygen atoms in total. The van der Waals surface area contributed by atoms with Crippen molar-refractivity contribution in [1.82, 2.24) is 24.9 Å². The van der Waals surface area contributed by atoms with Crippen molar-refractivity contribution in [1.29, 1.82) is 0 Å². The Bertz CT molecular complexity index is 2600. The number of carbonyl (C=O) groups excluding carboxylic acids is 4. The van der Waals surface area contributed by atoms with E-state index in [1.54, 1.807) is 30.0 Å². The molecule has 1 saturated carbocycles. The fourth-order valence-electron chi connectivity index (χ4n) is 8.65. The average molecular weight is 1140 g/mol. The second-order valence-electron chi connectivity index (χ2n) is 15.5. The van der Waals surface area contributed by atoms with Gasteiger partial charge in [0.15, 0.2) is 0 Å². The summed E-state index contributed by atoms with van der Waals surface area (Å²) in [5, 5.41) is 8.38. The molecule has 19 heteroatoms. The summed E-state index contributed by atoms with van der Waals surface area (Å²) in [6.45, 7) is 6.09. The first-order chi connectivity index (χ1) is 29.1. The first kappa shape index (κ1) is 44.9. The third-order valence-corrected chi connectivity index (χ3v) is 16.7. The third kappa shape index (κ3) is 9.74. The Kier molecular flexibility index (Phi) is 13.7. The summed E-state index contributed by atoms with van der Waals surface area (Å²) in [5.74, 6) is -2.37. The molecule has 4 aromatic rings. The normalized spacial score (nSPS) is 21.7. The molecule has 320 valence electrons. The van der Waals surface area contributed by atoms with Crippen LogP contribution < -0.4 is 26.4 Å². The fourth-order valence-corrected chi connectivity index (χ4v) is 13.9. The van der Waals surface area contributed by atoms with Crippen LogP contribution in [0.5, 0.6) is 0 Å². The molecule has 0 spiro atoms. The predicted molar refractivity (Wildman–Crippen MR) is 251 cm³/mol. The van der Waals surface area contributed by atoms with Gasteiger partial charge in [-0.05, 0) is 148 Å². The number of primary amides is 1. The number of aromatic nitrogens is 2. The lowest BCUT2D eigenvalue weighted by atomic mass is 9.63. The Balaban J connectivity index is 1.05. The van der Waals surface area contributed by atoms with Crippen LogP contribution in [-0.4, -0.2) is 63.0 Å². The summed E-state index contributed by atoms with van der Waals surface area (Å²) in [6.07, 6.45) is 7.27. The summed E-state index contributed by atoms with van der Waals surface area (Å²) in [7, 11) is -3.96. The maximum Gasteiger partial charge on any atom is 0.255 e. The van der Waals surface area contributed by atoms with Gasteiger partial charge in [0.2, 0.25) is 27.8 Å². The summed E-state index contributed by atoms with van der Waals surface area (Å²) in [4.78, 5) is 60.5. The van der Waals surface area contributed by atoms with Crippen LogP contribution in [-0.2, 0) is 32.6 Å². The Morgan fingerprint density at radius 2 is 1.95 bits per heavy atom. The molecule has 3 heterocycles. The van der Waals surface area contributed by atoms with Crippen molar-refractivity contribution < 1.29 is 32.0 Å². The van der Waals surface area contributed by atoms with E-state index in [1.165, 1.54) is 24.4 Å². The molecule has 1 saturated heterocycles. The minimum absolute atomic E-state index is 0.0448. The molecule has 0 radical (unpaired) electrons. The van der Waals surface area contributed by atoms with Gasteiger partial charge >= 0.3 is 0 Å². The molecule has 7 rings (SSSR count). The van der Waals surface area contributed by atoms with Gasteiger partial charge in [-0.2, -0.15) is 4.98 Å². The smallest absolute Gasteiger partial charge is 0.255 e. The van der Waals surface area contributed by atoms with Crippen molar-refractivity contribution in [3.8, 4) is 0 Å². The second kappa shape index (κ2) is 18.7. The number of nitrogens with two attached hydrogens (primary N) is 1. The van der Waals surface area contributed by atoms with Gasteiger partial charge in [-0.1, -0.05) is 41.0 Å². The largest absolute Gasteiger partial charge is 0.365 e. The molecule has 3 aliphatic rings. The van der Waals surface area contributed by atoms with Crippen LogP contribution in [0.2, 0.25) is 0 Å². The molecule has 61 heavy (non-hydrogen) atoms.